The fraction of sp³-hybridized carbons (Fsp3) is 0.939. The van der Waals surface area contributed by atoms with Crippen molar-refractivity contribution in [3.8, 4) is 0 Å². The summed E-state index contributed by atoms with van der Waals surface area (Å²) in [5.74, 6) is 3.44. The second kappa shape index (κ2) is 16.8. The van der Waals surface area contributed by atoms with Gasteiger partial charge in [0.05, 0.1) is 12.0 Å². The molecule has 0 unspecified atom stereocenters. The first-order chi connectivity index (χ1) is 18.0. The van der Waals surface area contributed by atoms with Crippen molar-refractivity contribution in [2.75, 3.05) is 0 Å². The minimum absolute atomic E-state index is 0.0201. The summed E-state index contributed by atoms with van der Waals surface area (Å²) in [6, 6.07) is 0. The summed E-state index contributed by atoms with van der Waals surface area (Å²) in [4.78, 5) is 24.6. The Morgan fingerprint density at radius 3 is 1.78 bits per heavy atom. The minimum Gasteiger partial charge on any atom is -0.463 e. The van der Waals surface area contributed by atoms with Gasteiger partial charge in [0.25, 0.3) is 0 Å². The lowest BCUT2D eigenvalue weighted by molar-refractivity contribution is -0.157. The molecule has 0 saturated heterocycles. The predicted octanol–water partition coefficient (Wildman–Crippen LogP) is 9.18. The Hall–Kier alpha value is -1.06. The molecule has 3 aliphatic carbocycles. The highest BCUT2D eigenvalue weighted by Gasteiger charge is 2.32. The molecule has 214 valence electrons. The average molecular weight is 519 g/mol. The molecule has 0 aromatic rings. The van der Waals surface area contributed by atoms with Crippen LogP contribution in [0.5, 0.6) is 0 Å². The van der Waals surface area contributed by atoms with Crippen molar-refractivity contribution in [1.82, 2.24) is 0 Å². The largest absolute Gasteiger partial charge is 0.463 e. The molecule has 37 heavy (non-hydrogen) atoms. The van der Waals surface area contributed by atoms with Crippen LogP contribution in [0.2, 0.25) is 0 Å². The van der Waals surface area contributed by atoms with Gasteiger partial charge in [-0.15, -0.1) is 0 Å². The molecule has 4 nitrogen and oxygen atoms in total. The van der Waals surface area contributed by atoms with Crippen LogP contribution in [0, 0.1) is 29.6 Å². The van der Waals surface area contributed by atoms with Gasteiger partial charge >= 0.3 is 11.9 Å². The molecule has 0 radical (unpaired) electrons. The van der Waals surface area contributed by atoms with Crippen LogP contribution in [0.25, 0.3) is 0 Å². The Morgan fingerprint density at radius 1 is 0.676 bits per heavy atom. The standard InChI is InChI=1S/C33H58O4/c1-4-6-7-9-26-10-12-27(13-11-26)14-15-28-18-22-31(23-19-28)37-33(35)30-20-16-29(17-21-30)24-25(3)36-32(34)8-5-2/h25-31H,4-24H2,1-3H3/t25-,26?,27?,28?,29?,30?,31?/m1/s1. The zero-order valence-corrected chi connectivity index (χ0v) is 24.5. The highest BCUT2D eigenvalue weighted by atomic mass is 16.5. The van der Waals surface area contributed by atoms with Gasteiger partial charge in [-0.2, -0.15) is 0 Å². The van der Waals surface area contributed by atoms with E-state index in [4.69, 9.17) is 9.47 Å². The van der Waals surface area contributed by atoms with Gasteiger partial charge in [-0.3, -0.25) is 9.59 Å². The molecule has 0 aromatic heterocycles. The summed E-state index contributed by atoms with van der Waals surface area (Å²) in [5, 5.41) is 0. The molecule has 1 atom stereocenters. The Labute approximate surface area is 228 Å². The van der Waals surface area contributed by atoms with Gasteiger partial charge in [-0.25, -0.2) is 0 Å². The smallest absolute Gasteiger partial charge is 0.309 e. The molecular formula is C33H58O4. The van der Waals surface area contributed by atoms with E-state index >= 15 is 0 Å². The van der Waals surface area contributed by atoms with E-state index < -0.39 is 0 Å². The number of rotatable bonds is 14. The zero-order chi connectivity index (χ0) is 26.5. The Balaban J connectivity index is 1.23. The molecule has 4 heteroatoms. The van der Waals surface area contributed by atoms with Crippen molar-refractivity contribution in [3.05, 3.63) is 0 Å². The minimum atomic E-state index is -0.0812. The third-order valence-electron chi connectivity index (χ3n) is 9.87. The lowest BCUT2D eigenvalue weighted by Crippen LogP contribution is -2.31. The van der Waals surface area contributed by atoms with Gasteiger partial charge in [0, 0.05) is 6.42 Å². The van der Waals surface area contributed by atoms with E-state index in [9.17, 15) is 9.59 Å². The van der Waals surface area contributed by atoms with Crippen LogP contribution < -0.4 is 0 Å². The first kappa shape index (κ1) is 30.5. The zero-order valence-electron chi connectivity index (χ0n) is 24.5. The number of esters is 2. The van der Waals surface area contributed by atoms with E-state index in [1.165, 1.54) is 77.0 Å². The molecule has 0 amide bonds. The van der Waals surface area contributed by atoms with Crippen molar-refractivity contribution in [3.63, 3.8) is 0 Å². The topological polar surface area (TPSA) is 52.6 Å². The number of hydrogen-bond acceptors (Lipinski definition) is 4. The molecule has 0 aromatic carbocycles. The van der Waals surface area contributed by atoms with Crippen LogP contribution in [0.4, 0.5) is 0 Å². The van der Waals surface area contributed by atoms with E-state index in [0.717, 1.165) is 69.1 Å². The van der Waals surface area contributed by atoms with Crippen molar-refractivity contribution in [2.24, 2.45) is 29.6 Å². The van der Waals surface area contributed by atoms with Crippen LogP contribution in [-0.4, -0.2) is 24.1 Å². The third-order valence-corrected chi connectivity index (χ3v) is 9.87. The fourth-order valence-corrected chi connectivity index (χ4v) is 7.40. The fourth-order valence-electron chi connectivity index (χ4n) is 7.40. The maximum Gasteiger partial charge on any atom is 0.309 e. The van der Waals surface area contributed by atoms with Gasteiger partial charge in [0.15, 0.2) is 0 Å². The van der Waals surface area contributed by atoms with Gasteiger partial charge in [-0.1, -0.05) is 78.1 Å². The maximum atomic E-state index is 12.8. The molecule has 0 aliphatic heterocycles. The molecule has 3 saturated carbocycles. The molecule has 3 fully saturated rings. The number of unbranched alkanes of at least 4 members (excludes halogenated alkanes) is 2. The second-order valence-corrected chi connectivity index (χ2v) is 13.0. The van der Waals surface area contributed by atoms with E-state index in [0.29, 0.717) is 12.3 Å². The number of hydrogen-bond donors (Lipinski definition) is 0. The van der Waals surface area contributed by atoms with Crippen molar-refractivity contribution in [2.45, 2.75) is 168 Å². The Kier molecular flexibility index (Phi) is 13.8. The van der Waals surface area contributed by atoms with E-state index in [1.54, 1.807) is 0 Å². The normalized spacial score (nSPS) is 31.4. The lowest BCUT2D eigenvalue weighted by Gasteiger charge is -2.33. The molecule has 0 bridgehead atoms. The van der Waals surface area contributed by atoms with Crippen LogP contribution in [0.15, 0.2) is 0 Å². The molecule has 0 heterocycles. The quantitative estimate of drug-likeness (QED) is 0.170. The predicted molar refractivity (Wildman–Crippen MR) is 151 cm³/mol. The van der Waals surface area contributed by atoms with E-state index in [-0.39, 0.29) is 30.1 Å². The SMILES string of the molecule is CCCCCC1CCC(CCC2CCC(OC(=O)C3CCC(C[C@@H](C)OC(=O)CCC)CC3)CC2)CC1. The van der Waals surface area contributed by atoms with Gasteiger partial charge in [0.1, 0.15) is 6.10 Å². The monoisotopic (exact) mass is 518 g/mol. The highest BCUT2D eigenvalue weighted by Crippen LogP contribution is 2.38. The summed E-state index contributed by atoms with van der Waals surface area (Å²) in [7, 11) is 0. The summed E-state index contributed by atoms with van der Waals surface area (Å²) in [6.45, 7) is 6.31. The molecule has 0 N–H and O–H groups in total. The molecular weight excluding hydrogens is 460 g/mol. The average Bonchev–Trinajstić information content (AvgIpc) is 2.89. The van der Waals surface area contributed by atoms with Crippen LogP contribution >= 0.6 is 0 Å². The van der Waals surface area contributed by atoms with Crippen molar-refractivity contribution in [1.29, 1.82) is 0 Å². The van der Waals surface area contributed by atoms with Crippen LogP contribution in [-0.2, 0) is 19.1 Å². The van der Waals surface area contributed by atoms with Gasteiger partial charge in [0.2, 0.25) is 0 Å². The maximum absolute atomic E-state index is 12.8. The van der Waals surface area contributed by atoms with Crippen LogP contribution in [0.3, 0.4) is 0 Å². The van der Waals surface area contributed by atoms with Crippen molar-refractivity contribution >= 4 is 11.9 Å². The molecule has 0 spiro atoms. The van der Waals surface area contributed by atoms with Gasteiger partial charge in [-0.05, 0) is 94.8 Å². The van der Waals surface area contributed by atoms with E-state index in [1.807, 2.05) is 13.8 Å². The summed E-state index contributed by atoms with van der Waals surface area (Å²) in [6.07, 6.45) is 25.3. The number of carbonyl (C=O) groups excluding carboxylic acids is 2. The summed E-state index contributed by atoms with van der Waals surface area (Å²) < 4.78 is 11.5. The third kappa shape index (κ3) is 11.3. The first-order valence-electron chi connectivity index (χ1n) is 16.4. The number of ether oxygens (including phenoxy) is 2. The Bertz CT molecular complexity index is 637. The Morgan fingerprint density at radius 2 is 1.22 bits per heavy atom. The van der Waals surface area contributed by atoms with Crippen LogP contribution in [0.1, 0.15) is 156 Å². The first-order valence-corrected chi connectivity index (χ1v) is 16.4. The molecule has 3 rings (SSSR count). The highest BCUT2D eigenvalue weighted by molar-refractivity contribution is 5.72. The van der Waals surface area contributed by atoms with Crippen molar-refractivity contribution < 1.29 is 19.1 Å². The summed E-state index contributed by atoms with van der Waals surface area (Å²) >= 11 is 0. The molecule has 3 aliphatic rings. The van der Waals surface area contributed by atoms with Gasteiger partial charge < -0.3 is 9.47 Å². The number of carbonyl (C=O) groups is 2. The second-order valence-electron chi connectivity index (χ2n) is 13.0. The van der Waals surface area contributed by atoms with E-state index in [2.05, 4.69) is 6.92 Å². The summed E-state index contributed by atoms with van der Waals surface area (Å²) in [5.41, 5.74) is 0. The lowest BCUT2D eigenvalue weighted by atomic mass is 9.76.